The van der Waals surface area contributed by atoms with Crippen LogP contribution in [0.5, 0.6) is 5.75 Å². The van der Waals surface area contributed by atoms with E-state index < -0.39 is 0 Å². The second kappa shape index (κ2) is 9.68. The van der Waals surface area contributed by atoms with Crippen LogP contribution in [-0.2, 0) is 0 Å². The maximum Gasteiger partial charge on any atom is 0.272 e. The predicted molar refractivity (Wildman–Crippen MR) is 116 cm³/mol. The predicted octanol–water partition coefficient (Wildman–Crippen LogP) is 4.77. The zero-order valence-electron chi connectivity index (χ0n) is 17.1. The Kier molecular flexibility index (Phi) is 6.79. The van der Waals surface area contributed by atoms with Crippen molar-refractivity contribution in [2.75, 3.05) is 25.0 Å². The van der Waals surface area contributed by atoms with Gasteiger partial charge in [0, 0.05) is 24.7 Å². The molecule has 0 bridgehead atoms. The minimum absolute atomic E-state index is 0.115. The van der Waals surface area contributed by atoms with E-state index in [4.69, 9.17) is 4.74 Å². The molecule has 0 aliphatic heterocycles. The monoisotopic (exact) mass is 390 g/mol. The summed E-state index contributed by atoms with van der Waals surface area (Å²) in [5.41, 5.74) is 2.00. The Balaban J connectivity index is 2.04. The largest absolute Gasteiger partial charge is 0.492 e. The van der Waals surface area contributed by atoms with Gasteiger partial charge in [0.1, 0.15) is 17.3 Å². The van der Waals surface area contributed by atoms with Gasteiger partial charge in [-0.25, -0.2) is 9.97 Å². The van der Waals surface area contributed by atoms with Crippen molar-refractivity contribution in [2.24, 2.45) is 0 Å². The lowest BCUT2D eigenvalue weighted by atomic mass is 10.2. The van der Waals surface area contributed by atoms with Gasteiger partial charge in [-0.1, -0.05) is 42.5 Å². The molecule has 0 unspecified atom stereocenters. The number of aromatic nitrogens is 2. The molecule has 3 aromatic rings. The summed E-state index contributed by atoms with van der Waals surface area (Å²) >= 11 is 0. The summed E-state index contributed by atoms with van der Waals surface area (Å²) in [5.74, 6) is 1.66. The maximum absolute atomic E-state index is 12.9. The number of nitrogens with zero attached hydrogens (tertiary/aromatic N) is 3. The number of carbonyl (C=O) groups excluding carboxylic acids is 1. The Morgan fingerprint density at radius 3 is 2.34 bits per heavy atom. The van der Waals surface area contributed by atoms with E-state index in [0.29, 0.717) is 37.0 Å². The molecule has 29 heavy (non-hydrogen) atoms. The van der Waals surface area contributed by atoms with Crippen LogP contribution in [0, 0.1) is 0 Å². The topological polar surface area (TPSA) is 67.3 Å². The van der Waals surface area contributed by atoms with Crippen LogP contribution in [0.3, 0.4) is 0 Å². The van der Waals surface area contributed by atoms with E-state index in [1.807, 2.05) is 75.4 Å². The Morgan fingerprint density at radius 1 is 0.966 bits per heavy atom. The molecule has 2 aromatic carbocycles. The third-order valence-corrected chi connectivity index (χ3v) is 4.48. The lowest BCUT2D eigenvalue weighted by Crippen LogP contribution is -2.31. The average Bonchev–Trinajstić information content (AvgIpc) is 2.76. The van der Waals surface area contributed by atoms with E-state index in [-0.39, 0.29) is 5.91 Å². The zero-order valence-corrected chi connectivity index (χ0v) is 17.1. The standard InChI is InChI=1S/C23H26N4O2/c1-4-27(5-2)23(28)19-16-21(24-18-14-10-11-15-20(18)29-6-3)26-22(25-19)17-12-8-7-9-13-17/h7-16H,4-6H2,1-3H3,(H,24,25,26). The molecule has 0 spiro atoms. The van der Waals surface area contributed by atoms with Gasteiger partial charge in [0.2, 0.25) is 0 Å². The van der Waals surface area contributed by atoms with Gasteiger partial charge >= 0.3 is 0 Å². The molecule has 0 fully saturated rings. The molecule has 1 N–H and O–H groups in total. The van der Waals surface area contributed by atoms with Crippen LogP contribution in [-0.4, -0.2) is 40.5 Å². The first kappa shape index (κ1) is 20.3. The highest BCUT2D eigenvalue weighted by atomic mass is 16.5. The van der Waals surface area contributed by atoms with Gasteiger partial charge in [-0.15, -0.1) is 0 Å². The van der Waals surface area contributed by atoms with E-state index >= 15 is 0 Å². The molecule has 1 amide bonds. The number of hydrogen-bond donors (Lipinski definition) is 1. The number of hydrogen-bond acceptors (Lipinski definition) is 5. The fraction of sp³-hybridized carbons (Fsp3) is 0.261. The van der Waals surface area contributed by atoms with Crippen molar-refractivity contribution in [3.8, 4) is 17.1 Å². The van der Waals surface area contributed by atoms with E-state index in [9.17, 15) is 4.79 Å². The summed E-state index contributed by atoms with van der Waals surface area (Å²) in [6, 6.07) is 19.0. The van der Waals surface area contributed by atoms with E-state index in [1.165, 1.54) is 0 Å². The highest BCUT2D eigenvalue weighted by Gasteiger charge is 2.18. The Bertz CT molecular complexity index is 956. The first-order chi connectivity index (χ1) is 14.2. The fourth-order valence-corrected chi connectivity index (χ4v) is 3.00. The quantitative estimate of drug-likeness (QED) is 0.600. The van der Waals surface area contributed by atoms with Crippen molar-refractivity contribution < 1.29 is 9.53 Å². The Hall–Kier alpha value is -3.41. The molecule has 0 saturated heterocycles. The van der Waals surface area contributed by atoms with Crippen molar-refractivity contribution in [3.05, 3.63) is 66.4 Å². The van der Waals surface area contributed by atoms with Gasteiger partial charge in [-0.2, -0.15) is 0 Å². The van der Waals surface area contributed by atoms with Gasteiger partial charge in [-0.3, -0.25) is 4.79 Å². The van der Waals surface area contributed by atoms with Crippen molar-refractivity contribution in [3.63, 3.8) is 0 Å². The number of anilines is 2. The van der Waals surface area contributed by atoms with Crippen molar-refractivity contribution in [1.29, 1.82) is 0 Å². The smallest absolute Gasteiger partial charge is 0.272 e. The first-order valence-corrected chi connectivity index (χ1v) is 9.88. The molecule has 0 atom stereocenters. The Labute approximate surface area is 171 Å². The molecule has 0 aliphatic rings. The third-order valence-electron chi connectivity index (χ3n) is 4.48. The van der Waals surface area contributed by atoms with Gasteiger partial charge in [0.05, 0.1) is 12.3 Å². The average molecular weight is 390 g/mol. The number of carbonyl (C=O) groups is 1. The number of para-hydroxylation sites is 2. The minimum atomic E-state index is -0.115. The van der Waals surface area contributed by atoms with Crippen LogP contribution in [0.2, 0.25) is 0 Å². The highest BCUT2D eigenvalue weighted by molar-refractivity contribution is 5.93. The van der Waals surface area contributed by atoms with Crippen LogP contribution in [0.15, 0.2) is 60.7 Å². The van der Waals surface area contributed by atoms with Crippen molar-refractivity contribution in [1.82, 2.24) is 14.9 Å². The summed E-state index contributed by atoms with van der Waals surface area (Å²) in [5, 5.41) is 3.29. The second-order valence-electron chi connectivity index (χ2n) is 6.36. The minimum Gasteiger partial charge on any atom is -0.492 e. The van der Waals surface area contributed by atoms with Crippen LogP contribution < -0.4 is 10.1 Å². The van der Waals surface area contributed by atoms with Gasteiger partial charge in [0.15, 0.2) is 5.82 Å². The molecule has 6 heteroatoms. The summed E-state index contributed by atoms with van der Waals surface area (Å²) in [4.78, 5) is 23.9. The molecule has 150 valence electrons. The molecule has 0 saturated carbocycles. The van der Waals surface area contributed by atoms with E-state index in [1.54, 1.807) is 11.0 Å². The fourth-order valence-electron chi connectivity index (χ4n) is 3.00. The molecule has 1 aromatic heterocycles. The number of benzene rings is 2. The van der Waals surface area contributed by atoms with Gasteiger partial charge in [-0.05, 0) is 32.9 Å². The van der Waals surface area contributed by atoms with Crippen LogP contribution in [0.4, 0.5) is 11.5 Å². The second-order valence-corrected chi connectivity index (χ2v) is 6.36. The maximum atomic E-state index is 12.9. The van der Waals surface area contributed by atoms with Gasteiger partial charge < -0.3 is 15.0 Å². The van der Waals surface area contributed by atoms with Crippen molar-refractivity contribution in [2.45, 2.75) is 20.8 Å². The molecule has 3 rings (SSSR count). The summed E-state index contributed by atoms with van der Waals surface area (Å²) in [6.45, 7) is 7.65. The first-order valence-electron chi connectivity index (χ1n) is 9.88. The normalized spacial score (nSPS) is 10.4. The number of rotatable bonds is 8. The molecule has 6 nitrogen and oxygen atoms in total. The van der Waals surface area contributed by atoms with Crippen LogP contribution in [0.1, 0.15) is 31.3 Å². The summed E-state index contributed by atoms with van der Waals surface area (Å²) in [7, 11) is 0. The summed E-state index contributed by atoms with van der Waals surface area (Å²) < 4.78 is 5.69. The van der Waals surface area contributed by atoms with Crippen molar-refractivity contribution >= 4 is 17.4 Å². The number of ether oxygens (including phenoxy) is 1. The molecule has 0 radical (unpaired) electrons. The van der Waals surface area contributed by atoms with E-state index in [2.05, 4.69) is 15.3 Å². The molecular weight excluding hydrogens is 364 g/mol. The lowest BCUT2D eigenvalue weighted by Gasteiger charge is -2.19. The molecule has 0 aliphatic carbocycles. The lowest BCUT2D eigenvalue weighted by molar-refractivity contribution is 0.0767. The number of amides is 1. The molecule has 1 heterocycles. The van der Waals surface area contributed by atoms with Crippen LogP contribution in [0.25, 0.3) is 11.4 Å². The third kappa shape index (κ3) is 4.90. The Morgan fingerprint density at radius 2 is 1.66 bits per heavy atom. The van der Waals surface area contributed by atoms with E-state index in [0.717, 1.165) is 17.0 Å². The van der Waals surface area contributed by atoms with Gasteiger partial charge in [0.25, 0.3) is 5.91 Å². The number of nitrogens with one attached hydrogen (secondary N) is 1. The summed E-state index contributed by atoms with van der Waals surface area (Å²) in [6.07, 6.45) is 0. The molecular formula is C23H26N4O2. The SMILES string of the molecule is CCOc1ccccc1Nc1cc(C(=O)N(CC)CC)nc(-c2ccccc2)n1. The zero-order chi connectivity index (χ0) is 20.6. The highest BCUT2D eigenvalue weighted by Crippen LogP contribution is 2.28. The van der Waals surface area contributed by atoms with Crippen LogP contribution >= 0.6 is 0 Å².